The van der Waals surface area contributed by atoms with Gasteiger partial charge in [0.05, 0.1) is 29.0 Å². The van der Waals surface area contributed by atoms with Gasteiger partial charge in [-0.3, -0.25) is 9.59 Å². The van der Waals surface area contributed by atoms with Crippen molar-refractivity contribution >= 4 is 50.8 Å². The Bertz CT molecular complexity index is 985. The van der Waals surface area contributed by atoms with Gasteiger partial charge >= 0.3 is 0 Å². The Balaban J connectivity index is 1.71. The molecule has 0 saturated carbocycles. The van der Waals surface area contributed by atoms with Crippen LogP contribution in [0.2, 0.25) is 0 Å². The number of nitrogens with two attached hydrogens (primary N) is 1. The predicted octanol–water partition coefficient (Wildman–Crippen LogP) is 3.44. The molecule has 2 amide bonds. The first-order chi connectivity index (χ1) is 12.5. The Labute approximate surface area is 158 Å². The molecule has 0 aliphatic carbocycles. The average Bonchev–Trinajstić information content (AvgIpc) is 3.07. The van der Waals surface area contributed by atoms with Crippen molar-refractivity contribution in [1.29, 1.82) is 0 Å². The zero-order chi connectivity index (χ0) is 18.7. The third kappa shape index (κ3) is 3.97. The van der Waals surface area contributed by atoms with Crippen LogP contribution in [0.4, 0.5) is 5.00 Å². The van der Waals surface area contributed by atoms with Crippen LogP contribution in [0.5, 0.6) is 5.75 Å². The molecule has 0 spiro atoms. The lowest BCUT2D eigenvalue weighted by Gasteiger charge is -2.08. The van der Waals surface area contributed by atoms with Gasteiger partial charge in [0.15, 0.2) is 0 Å². The van der Waals surface area contributed by atoms with Crippen molar-refractivity contribution in [3.05, 3.63) is 46.8 Å². The molecule has 0 fully saturated rings. The summed E-state index contributed by atoms with van der Waals surface area (Å²) in [4.78, 5) is 28.1. The third-order valence-electron chi connectivity index (χ3n) is 3.74. The second-order valence-corrected chi connectivity index (χ2v) is 7.44. The lowest BCUT2D eigenvalue weighted by molar-refractivity contribution is -0.113. The van der Waals surface area contributed by atoms with Crippen LogP contribution in [0.15, 0.2) is 40.7 Å². The number of carbonyl (C=O) groups is 2. The monoisotopic (exact) mass is 387 g/mol. The van der Waals surface area contributed by atoms with Gasteiger partial charge in [0.1, 0.15) is 10.8 Å². The van der Waals surface area contributed by atoms with E-state index in [1.54, 1.807) is 18.6 Å². The maximum atomic E-state index is 12.2. The molecule has 0 aliphatic rings. The second kappa shape index (κ2) is 7.76. The molecule has 0 radical (unpaired) electrons. The molecule has 6 nitrogen and oxygen atoms in total. The fourth-order valence-electron chi connectivity index (χ4n) is 2.45. The van der Waals surface area contributed by atoms with Gasteiger partial charge in [-0.05, 0) is 42.1 Å². The molecule has 3 N–H and O–H groups in total. The van der Waals surface area contributed by atoms with E-state index < -0.39 is 5.91 Å². The summed E-state index contributed by atoms with van der Waals surface area (Å²) in [6, 6.07) is 9.29. The van der Waals surface area contributed by atoms with E-state index in [2.05, 4.69) is 10.3 Å². The van der Waals surface area contributed by atoms with Crippen LogP contribution < -0.4 is 15.8 Å². The standard InChI is InChI=1S/C18H17N3O3S2/c1-10-7-16(20-14-8-11(24-2)3-4-12(10)14)26-9-15(22)21-18-13(17(19)23)5-6-25-18/h3-8H,9H2,1-2H3,(H2,19,23)(H,21,22). The van der Waals surface area contributed by atoms with Crippen molar-refractivity contribution in [2.24, 2.45) is 5.73 Å². The van der Waals surface area contributed by atoms with Crippen molar-refractivity contribution in [1.82, 2.24) is 4.98 Å². The highest BCUT2D eigenvalue weighted by atomic mass is 32.2. The number of aryl methyl sites for hydroxylation is 1. The topological polar surface area (TPSA) is 94.3 Å². The smallest absolute Gasteiger partial charge is 0.251 e. The molecule has 2 heterocycles. The highest BCUT2D eigenvalue weighted by Gasteiger charge is 2.13. The summed E-state index contributed by atoms with van der Waals surface area (Å²) in [5.74, 6) is 0.138. The minimum absolute atomic E-state index is 0.179. The third-order valence-corrected chi connectivity index (χ3v) is 5.48. The Kier molecular flexibility index (Phi) is 5.43. The van der Waals surface area contributed by atoms with E-state index >= 15 is 0 Å². The number of methoxy groups -OCH3 is 1. The molecule has 8 heteroatoms. The number of aromatic nitrogens is 1. The molecule has 134 valence electrons. The normalized spacial score (nSPS) is 10.7. The molecule has 0 saturated heterocycles. The first kappa shape index (κ1) is 18.2. The van der Waals surface area contributed by atoms with Crippen LogP contribution >= 0.6 is 23.1 Å². The van der Waals surface area contributed by atoms with Crippen LogP contribution in [0.25, 0.3) is 10.9 Å². The number of hydrogen-bond acceptors (Lipinski definition) is 6. The number of benzene rings is 1. The second-order valence-electron chi connectivity index (χ2n) is 5.52. The molecule has 3 aromatic rings. The largest absolute Gasteiger partial charge is 0.497 e. The summed E-state index contributed by atoms with van der Waals surface area (Å²) in [5.41, 5.74) is 7.50. The quantitative estimate of drug-likeness (QED) is 0.632. The first-order valence-corrected chi connectivity index (χ1v) is 9.60. The molecule has 0 atom stereocenters. The highest BCUT2D eigenvalue weighted by Crippen LogP contribution is 2.27. The molecule has 3 rings (SSSR count). The van der Waals surface area contributed by atoms with E-state index in [-0.39, 0.29) is 11.7 Å². The first-order valence-electron chi connectivity index (χ1n) is 7.73. The van der Waals surface area contributed by atoms with Crippen LogP contribution in [-0.2, 0) is 4.79 Å². The SMILES string of the molecule is COc1ccc2c(C)cc(SCC(=O)Nc3sccc3C(N)=O)nc2c1. The number of hydrogen-bond donors (Lipinski definition) is 2. The number of nitrogens with one attached hydrogen (secondary N) is 1. The summed E-state index contributed by atoms with van der Waals surface area (Å²) in [6.07, 6.45) is 0. The van der Waals surface area contributed by atoms with Crippen molar-refractivity contribution in [2.75, 3.05) is 18.2 Å². The lowest BCUT2D eigenvalue weighted by Crippen LogP contribution is -2.17. The summed E-state index contributed by atoms with van der Waals surface area (Å²) in [6.45, 7) is 2.01. The van der Waals surface area contributed by atoms with Crippen molar-refractivity contribution in [3.8, 4) is 5.75 Å². The Morgan fingerprint density at radius 3 is 2.85 bits per heavy atom. The number of pyridine rings is 1. The van der Waals surface area contributed by atoms with E-state index in [4.69, 9.17) is 10.5 Å². The van der Waals surface area contributed by atoms with Crippen LogP contribution in [0.1, 0.15) is 15.9 Å². The summed E-state index contributed by atoms with van der Waals surface area (Å²) in [7, 11) is 1.61. The number of primary amides is 1. The molecular formula is C18H17N3O3S2. The number of rotatable bonds is 6. The average molecular weight is 387 g/mol. The van der Waals surface area contributed by atoms with Gasteiger partial charge < -0.3 is 15.8 Å². The molecule has 0 unspecified atom stereocenters. The Morgan fingerprint density at radius 1 is 1.31 bits per heavy atom. The van der Waals surface area contributed by atoms with Crippen molar-refractivity contribution < 1.29 is 14.3 Å². The van der Waals surface area contributed by atoms with E-state index in [1.807, 2.05) is 31.2 Å². The summed E-state index contributed by atoms with van der Waals surface area (Å²) < 4.78 is 5.24. The number of carbonyl (C=O) groups excluding carboxylic acids is 2. The minimum Gasteiger partial charge on any atom is -0.497 e. The van der Waals surface area contributed by atoms with Gasteiger partial charge in [0, 0.05) is 11.5 Å². The number of thioether (sulfide) groups is 1. The number of ether oxygens (including phenoxy) is 1. The van der Waals surface area contributed by atoms with Crippen molar-refractivity contribution in [3.63, 3.8) is 0 Å². The Hall–Kier alpha value is -2.58. The van der Waals surface area contributed by atoms with E-state index in [9.17, 15) is 9.59 Å². The van der Waals surface area contributed by atoms with E-state index in [0.29, 0.717) is 10.6 Å². The number of nitrogens with zero attached hydrogens (tertiary/aromatic N) is 1. The zero-order valence-electron chi connectivity index (χ0n) is 14.2. The predicted molar refractivity (Wildman–Crippen MR) is 105 cm³/mol. The highest BCUT2D eigenvalue weighted by molar-refractivity contribution is 7.99. The van der Waals surface area contributed by atoms with Gasteiger partial charge in [-0.1, -0.05) is 11.8 Å². The van der Waals surface area contributed by atoms with Crippen molar-refractivity contribution in [2.45, 2.75) is 11.9 Å². The van der Waals surface area contributed by atoms with Gasteiger partial charge in [-0.2, -0.15) is 0 Å². The summed E-state index contributed by atoms with van der Waals surface area (Å²) in [5, 5.41) is 6.70. The van der Waals surface area contributed by atoms with Gasteiger partial charge in [-0.15, -0.1) is 11.3 Å². The van der Waals surface area contributed by atoms with Crippen LogP contribution in [0.3, 0.4) is 0 Å². The molecular weight excluding hydrogens is 370 g/mol. The minimum atomic E-state index is -0.560. The lowest BCUT2D eigenvalue weighted by atomic mass is 10.1. The molecule has 0 aliphatic heterocycles. The fraction of sp³-hybridized carbons (Fsp3) is 0.167. The molecule has 26 heavy (non-hydrogen) atoms. The number of fused-ring (bicyclic) bond motifs is 1. The Morgan fingerprint density at radius 2 is 2.12 bits per heavy atom. The number of thiophene rings is 1. The van der Waals surface area contributed by atoms with Gasteiger partial charge in [-0.25, -0.2) is 4.98 Å². The summed E-state index contributed by atoms with van der Waals surface area (Å²) >= 11 is 2.60. The molecule has 0 bridgehead atoms. The maximum Gasteiger partial charge on any atom is 0.251 e. The molecule has 1 aromatic carbocycles. The maximum absolute atomic E-state index is 12.2. The van der Waals surface area contributed by atoms with E-state index in [1.165, 1.54) is 23.1 Å². The van der Waals surface area contributed by atoms with E-state index in [0.717, 1.165) is 27.2 Å². The molecule has 2 aromatic heterocycles. The van der Waals surface area contributed by atoms with Gasteiger partial charge in [0.2, 0.25) is 5.91 Å². The van der Waals surface area contributed by atoms with Gasteiger partial charge in [0.25, 0.3) is 5.91 Å². The number of amides is 2. The zero-order valence-corrected chi connectivity index (χ0v) is 15.9. The van der Waals surface area contributed by atoms with Crippen LogP contribution in [-0.4, -0.2) is 29.7 Å². The fourth-order valence-corrected chi connectivity index (χ4v) is 4.04. The van der Waals surface area contributed by atoms with Crippen LogP contribution in [0, 0.1) is 6.92 Å². The number of anilines is 1.